The number of amidine groups is 1. The molecule has 0 unspecified atom stereocenters. The Labute approximate surface area is 158 Å². The van der Waals surface area contributed by atoms with Crippen LogP contribution in [0, 0.1) is 0 Å². The summed E-state index contributed by atoms with van der Waals surface area (Å²) in [7, 11) is 0. The Hall–Kier alpha value is -2.33. The molecular weight excluding hydrogens is 340 g/mol. The third kappa shape index (κ3) is 3.91. The molecule has 4 heteroatoms. The minimum atomic E-state index is -0.110. The van der Waals surface area contributed by atoms with Crippen molar-refractivity contribution in [3.05, 3.63) is 65.1 Å². The van der Waals surface area contributed by atoms with E-state index in [1.165, 1.54) is 48.6 Å². The van der Waals surface area contributed by atoms with Gasteiger partial charge in [-0.1, -0.05) is 67.4 Å². The van der Waals surface area contributed by atoms with Crippen molar-refractivity contribution < 1.29 is 4.79 Å². The minimum absolute atomic E-state index is 0.110. The highest BCUT2D eigenvalue weighted by atomic mass is 32.2. The van der Waals surface area contributed by atoms with Crippen LogP contribution in [0.2, 0.25) is 0 Å². The first-order valence-electron chi connectivity index (χ1n) is 9.23. The minimum Gasteiger partial charge on any atom is -0.351 e. The van der Waals surface area contributed by atoms with Gasteiger partial charge in [-0.05, 0) is 47.4 Å². The molecule has 2 aliphatic rings. The average molecular weight is 362 g/mol. The summed E-state index contributed by atoms with van der Waals surface area (Å²) in [5, 5.41) is 0.879. The van der Waals surface area contributed by atoms with E-state index in [0.717, 1.165) is 28.7 Å². The molecule has 2 aliphatic heterocycles. The second-order valence-electron chi connectivity index (χ2n) is 6.70. The van der Waals surface area contributed by atoms with Crippen LogP contribution in [0.15, 0.2) is 64.5 Å². The fraction of sp³-hybridized carbons (Fsp3) is 0.273. The number of benzene rings is 2. The van der Waals surface area contributed by atoms with Crippen LogP contribution in [0.5, 0.6) is 0 Å². The van der Waals surface area contributed by atoms with Gasteiger partial charge in [0.1, 0.15) is 0 Å². The Bertz CT molecular complexity index is 832. The lowest BCUT2D eigenvalue weighted by atomic mass is 10.0. The highest BCUT2D eigenvalue weighted by Crippen LogP contribution is 2.31. The number of hydrogen-bond acceptors (Lipinski definition) is 3. The van der Waals surface area contributed by atoms with E-state index in [9.17, 15) is 4.79 Å². The number of likely N-dealkylation sites (tertiary alicyclic amines) is 1. The molecule has 1 amide bonds. The van der Waals surface area contributed by atoms with Crippen molar-refractivity contribution in [2.45, 2.75) is 25.7 Å². The zero-order chi connectivity index (χ0) is 17.8. The van der Waals surface area contributed by atoms with Gasteiger partial charge >= 0.3 is 0 Å². The SMILES string of the molecule is O=C1N=C(N2CCCCCC2)S/C1=C\c1ccc(-c2ccccc2)cc1. The van der Waals surface area contributed by atoms with Crippen LogP contribution in [0.4, 0.5) is 0 Å². The van der Waals surface area contributed by atoms with E-state index in [4.69, 9.17) is 0 Å². The van der Waals surface area contributed by atoms with Crippen molar-refractivity contribution in [2.75, 3.05) is 13.1 Å². The lowest BCUT2D eigenvalue weighted by Gasteiger charge is -2.20. The molecule has 2 aromatic rings. The van der Waals surface area contributed by atoms with Gasteiger partial charge in [-0.25, -0.2) is 0 Å². The summed E-state index contributed by atoms with van der Waals surface area (Å²) in [6.07, 6.45) is 6.88. The second kappa shape index (κ2) is 7.92. The van der Waals surface area contributed by atoms with Crippen LogP contribution in [-0.4, -0.2) is 29.1 Å². The van der Waals surface area contributed by atoms with Gasteiger partial charge in [0, 0.05) is 13.1 Å². The van der Waals surface area contributed by atoms with Gasteiger partial charge < -0.3 is 4.90 Å². The summed E-state index contributed by atoms with van der Waals surface area (Å²) >= 11 is 1.52. The summed E-state index contributed by atoms with van der Waals surface area (Å²) in [6, 6.07) is 18.6. The average Bonchev–Trinajstić information content (AvgIpc) is 2.88. The zero-order valence-corrected chi connectivity index (χ0v) is 15.5. The maximum atomic E-state index is 12.3. The topological polar surface area (TPSA) is 32.7 Å². The summed E-state index contributed by atoms with van der Waals surface area (Å²) in [5.74, 6) is -0.110. The van der Waals surface area contributed by atoms with Crippen LogP contribution in [0.25, 0.3) is 17.2 Å². The van der Waals surface area contributed by atoms with E-state index in [-0.39, 0.29) is 5.91 Å². The predicted molar refractivity (Wildman–Crippen MR) is 110 cm³/mol. The lowest BCUT2D eigenvalue weighted by Crippen LogP contribution is -2.28. The normalized spacial score (nSPS) is 19.5. The Morgan fingerprint density at radius 2 is 1.50 bits per heavy atom. The van der Waals surface area contributed by atoms with Gasteiger partial charge in [0.05, 0.1) is 4.91 Å². The van der Waals surface area contributed by atoms with Crippen molar-refractivity contribution in [2.24, 2.45) is 4.99 Å². The van der Waals surface area contributed by atoms with Crippen molar-refractivity contribution in [1.82, 2.24) is 4.90 Å². The number of rotatable bonds is 2. The van der Waals surface area contributed by atoms with E-state index in [2.05, 4.69) is 46.3 Å². The quantitative estimate of drug-likeness (QED) is 0.688. The number of carbonyl (C=O) groups is 1. The van der Waals surface area contributed by atoms with E-state index in [1.807, 2.05) is 24.3 Å². The first-order chi connectivity index (χ1) is 12.8. The summed E-state index contributed by atoms with van der Waals surface area (Å²) in [5.41, 5.74) is 3.41. The van der Waals surface area contributed by atoms with Gasteiger partial charge in [-0.3, -0.25) is 4.79 Å². The molecular formula is C22H22N2OS. The smallest absolute Gasteiger partial charge is 0.286 e. The van der Waals surface area contributed by atoms with Crippen molar-refractivity contribution in [3.63, 3.8) is 0 Å². The Balaban J connectivity index is 1.48. The summed E-state index contributed by atoms with van der Waals surface area (Å²) in [6.45, 7) is 2.02. The monoisotopic (exact) mass is 362 g/mol. The molecule has 2 heterocycles. The molecule has 0 atom stereocenters. The maximum Gasteiger partial charge on any atom is 0.286 e. The van der Waals surface area contributed by atoms with Crippen LogP contribution in [0.3, 0.4) is 0 Å². The van der Waals surface area contributed by atoms with Gasteiger partial charge in [-0.15, -0.1) is 0 Å². The van der Waals surface area contributed by atoms with E-state index < -0.39 is 0 Å². The standard InChI is InChI=1S/C22H22N2OS/c25-21-20(26-22(23-21)24-14-6-1-2-7-15-24)16-17-10-12-19(13-11-17)18-8-4-3-5-9-18/h3-5,8-13,16H,1-2,6-7,14-15H2/b20-16-. The first-order valence-corrected chi connectivity index (χ1v) is 10.0. The van der Waals surface area contributed by atoms with Crippen molar-refractivity contribution in [3.8, 4) is 11.1 Å². The molecule has 1 fully saturated rings. The van der Waals surface area contributed by atoms with Crippen molar-refractivity contribution in [1.29, 1.82) is 0 Å². The molecule has 0 spiro atoms. The number of hydrogen-bond donors (Lipinski definition) is 0. The zero-order valence-electron chi connectivity index (χ0n) is 14.7. The third-order valence-electron chi connectivity index (χ3n) is 4.80. The predicted octanol–water partition coefficient (Wildman–Crippen LogP) is 5.20. The number of aliphatic imine (C=N–C) groups is 1. The molecule has 132 valence electrons. The molecule has 1 saturated heterocycles. The maximum absolute atomic E-state index is 12.3. The Morgan fingerprint density at radius 1 is 0.846 bits per heavy atom. The number of nitrogens with zero attached hydrogens (tertiary/aromatic N) is 2. The highest BCUT2D eigenvalue weighted by molar-refractivity contribution is 8.18. The van der Waals surface area contributed by atoms with Crippen LogP contribution in [-0.2, 0) is 4.79 Å². The van der Waals surface area contributed by atoms with Crippen LogP contribution in [0.1, 0.15) is 31.2 Å². The molecule has 0 N–H and O–H groups in total. The molecule has 2 aromatic carbocycles. The fourth-order valence-corrected chi connectivity index (χ4v) is 4.31. The number of thioether (sulfide) groups is 1. The third-order valence-corrected chi connectivity index (χ3v) is 5.85. The second-order valence-corrected chi connectivity index (χ2v) is 7.71. The number of carbonyl (C=O) groups excluding carboxylic acids is 1. The van der Waals surface area contributed by atoms with E-state index in [1.54, 1.807) is 0 Å². The molecule has 4 rings (SSSR count). The fourth-order valence-electron chi connectivity index (χ4n) is 3.35. The Morgan fingerprint density at radius 3 is 2.19 bits per heavy atom. The molecule has 3 nitrogen and oxygen atoms in total. The Kier molecular flexibility index (Phi) is 5.21. The van der Waals surface area contributed by atoms with E-state index >= 15 is 0 Å². The largest absolute Gasteiger partial charge is 0.351 e. The van der Waals surface area contributed by atoms with Gasteiger partial charge in [-0.2, -0.15) is 4.99 Å². The highest BCUT2D eigenvalue weighted by Gasteiger charge is 2.26. The molecule has 26 heavy (non-hydrogen) atoms. The van der Waals surface area contributed by atoms with E-state index in [0.29, 0.717) is 0 Å². The molecule has 0 radical (unpaired) electrons. The number of amides is 1. The summed E-state index contributed by atoms with van der Waals surface area (Å²) in [4.78, 5) is 19.6. The van der Waals surface area contributed by atoms with Crippen LogP contribution < -0.4 is 0 Å². The first kappa shape index (κ1) is 17.1. The van der Waals surface area contributed by atoms with Crippen LogP contribution >= 0.6 is 11.8 Å². The molecule has 0 aliphatic carbocycles. The van der Waals surface area contributed by atoms with Gasteiger partial charge in [0.25, 0.3) is 5.91 Å². The summed E-state index contributed by atoms with van der Waals surface area (Å²) < 4.78 is 0. The van der Waals surface area contributed by atoms with Gasteiger partial charge in [0.15, 0.2) is 5.17 Å². The molecule has 0 bridgehead atoms. The lowest BCUT2D eigenvalue weighted by molar-refractivity contribution is -0.113. The molecule has 0 aromatic heterocycles. The van der Waals surface area contributed by atoms with Gasteiger partial charge in [0.2, 0.25) is 0 Å². The van der Waals surface area contributed by atoms with Crippen molar-refractivity contribution >= 4 is 28.9 Å². The molecule has 0 saturated carbocycles.